The second-order valence-corrected chi connectivity index (χ2v) is 5.25. The first kappa shape index (κ1) is 15.6. The summed E-state index contributed by atoms with van der Waals surface area (Å²) in [6.07, 6.45) is -0.733. The molecule has 1 unspecified atom stereocenters. The van der Waals surface area contributed by atoms with Crippen molar-refractivity contribution < 1.29 is 9.53 Å². The Labute approximate surface area is 133 Å². The number of pyridine rings is 1. The van der Waals surface area contributed by atoms with Gasteiger partial charge < -0.3 is 10.1 Å². The van der Waals surface area contributed by atoms with Crippen molar-refractivity contribution >= 4 is 34.9 Å². The molecule has 1 heterocycles. The Kier molecular flexibility index (Phi) is 5.04. The zero-order valence-corrected chi connectivity index (χ0v) is 13.1. The number of nitrogens with one attached hydrogen (secondary N) is 1. The van der Waals surface area contributed by atoms with Crippen molar-refractivity contribution in [2.45, 2.75) is 20.0 Å². The summed E-state index contributed by atoms with van der Waals surface area (Å²) in [5.41, 5.74) is 0.819. The standard InChI is InChI=1S/C15H14Cl2N2O2/c1-9-5-3-8-13(18-9)19-15(20)10(2)21-12-7-4-6-11(16)14(12)17/h3-8,10H,1-2H3,(H,18,19,20). The van der Waals surface area contributed by atoms with Gasteiger partial charge in [0.2, 0.25) is 0 Å². The van der Waals surface area contributed by atoms with Crippen LogP contribution in [0.15, 0.2) is 36.4 Å². The molecule has 6 heteroatoms. The number of hydrogen-bond donors (Lipinski definition) is 1. The minimum Gasteiger partial charge on any atom is -0.479 e. The number of carbonyl (C=O) groups excluding carboxylic acids is 1. The average Bonchev–Trinajstić information content (AvgIpc) is 2.44. The molecule has 0 aliphatic rings. The van der Waals surface area contributed by atoms with Crippen molar-refractivity contribution in [3.05, 3.63) is 52.1 Å². The second kappa shape index (κ2) is 6.78. The van der Waals surface area contributed by atoms with Gasteiger partial charge in [0, 0.05) is 5.69 Å². The molecule has 0 aliphatic heterocycles. The quantitative estimate of drug-likeness (QED) is 0.921. The summed E-state index contributed by atoms with van der Waals surface area (Å²) in [6, 6.07) is 10.4. The largest absolute Gasteiger partial charge is 0.479 e. The summed E-state index contributed by atoms with van der Waals surface area (Å²) in [7, 11) is 0. The minimum absolute atomic E-state index is 0.285. The number of amides is 1. The van der Waals surface area contributed by atoms with Crippen molar-refractivity contribution in [3.63, 3.8) is 0 Å². The van der Waals surface area contributed by atoms with Gasteiger partial charge in [0.25, 0.3) is 5.91 Å². The zero-order chi connectivity index (χ0) is 15.4. The third-order valence-electron chi connectivity index (χ3n) is 2.73. The van der Waals surface area contributed by atoms with E-state index in [0.29, 0.717) is 16.6 Å². The minimum atomic E-state index is -0.733. The molecule has 1 atom stereocenters. The number of ether oxygens (including phenoxy) is 1. The van der Waals surface area contributed by atoms with E-state index in [-0.39, 0.29) is 10.9 Å². The molecule has 2 aromatic rings. The van der Waals surface area contributed by atoms with E-state index in [0.717, 1.165) is 5.69 Å². The van der Waals surface area contributed by atoms with Crippen LogP contribution in [-0.2, 0) is 4.79 Å². The number of anilines is 1. The Morgan fingerprint density at radius 3 is 2.67 bits per heavy atom. The number of rotatable bonds is 4. The Balaban J connectivity index is 2.04. The fourth-order valence-corrected chi connectivity index (χ4v) is 2.00. The number of aryl methyl sites for hydroxylation is 1. The SMILES string of the molecule is Cc1cccc(NC(=O)C(C)Oc2cccc(Cl)c2Cl)n1. The van der Waals surface area contributed by atoms with Crippen molar-refractivity contribution in [3.8, 4) is 5.75 Å². The van der Waals surface area contributed by atoms with Gasteiger partial charge in [-0.25, -0.2) is 4.98 Å². The summed E-state index contributed by atoms with van der Waals surface area (Å²) in [6.45, 7) is 3.48. The first-order valence-electron chi connectivity index (χ1n) is 6.32. The lowest BCUT2D eigenvalue weighted by Gasteiger charge is -2.15. The smallest absolute Gasteiger partial charge is 0.266 e. The molecule has 4 nitrogen and oxygen atoms in total. The molecule has 0 saturated heterocycles. The van der Waals surface area contributed by atoms with Gasteiger partial charge in [0.1, 0.15) is 16.6 Å². The summed E-state index contributed by atoms with van der Waals surface area (Å²) in [4.78, 5) is 16.3. The van der Waals surface area contributed by atoms with E-state index in [1.54, 1.807) is 31.2 Å². The van der Waals surface area contributed by atoms with Crippen LogP contribution in [0, 0.1) is 6.92 Å². The van der Waals surface area contributed by atoms with E-state index in [1.165, 1.54) is 0 Å². The summed E-state index contributed by atoms with van der Waals surface area (Å²) >= 11 is 11.9. The van der Waals surface area contributed by atoms with Gasteiger partial charge in [0.05, 0.1) is 5.02 Å². The van der Waals surface area contributed by atoms with Gasteiger partial charge in [0.15, 0.2) is 6.10 Å². The maximum atomic E-state index is 12.1. The van der Waals surface area contributed by atoms with E-state index in [4.69, 9.17) is 27.9 Å². The molecule has 0 radical (unpaired) electrons. The molecule has 0 bridgehead atoms. The third kappa shape index (κ3) is 4.09. The molecular formula is C15H14Cl2N2O2. The van der Waals surface area contributed by atoms with E-state index >= 15 is 0 Å². The topological polar surface area (TPSA) is 51.2 Å². The fraction of sp³-hybridized carbons (Fsp3) is 0.200. The average molecular weight is 325 g/mol. The van der Waals surface area contributed by atoms with Gasteiger partial charge in [-0.15, -0.1) is 0 Å². The lowest BCUT2D eigenvalue weighted by atomic mass is 10.3. The maximum Gasteiger partial charge on any atom is 0.266 e. The highest BCUT2D eigenvalue weighted by Gasteiger charge is 2.17. The van der Waals surface area contributed by atoms with Crippen LogP contribution in [0.3, 0.4) is 0 Å². The van der Waals surface area contributed by atoms with Crippen molar-refractivity contribution in [2.24, 2.45) is 0 Å². The lowest BCUT2D eigenvalue weighted by Crippen LogP contribution is -2.30. The Morgan fingerprint density at radius 2 is 1.95 bits per heavy atom. The van der Waals surface area contributed by atoms with E-state index in [9.17, 15) is 4.79 Å². The second-order valence-electron chi connectivity index (χ2n) is 4.47. The normalized spacial score (nSPS) is 11.8. The Bertz CT molecular complexity index is 662. The van der Waals surface area contributed by atoms with Crippen LogP contribution in [-0.4, -0.2) is 17.0 Å². The van der Waals surface area contributed by atoms with Crippen LogP contribution in [0.1, 0.15) is 12.6 Å². The van der Waals surface area contributed by atoms with Crippen LogP contribution < -0.4 is 10.1 Å². The van der Waals surface area contributed by atoms with Crippen LogP contribution in [0.2, 0.25) is 10.0 Å². The van der Waals surface area contributed by atoms with E-state index < -0.39 is 6.10 Å². The summed E-state index contributed by atoms with van der Waals surface area (Å²) < 4.78 is 5.53. The molecule has 1 aromatic carbocycles. The first-order valence-corrected chi connectivity index (χ1v) is 7.08. The predicted molar refractivity (Wildman–Crippen MR) is 84.2 cm³/mol. The highest BCUT2D eigenvalue weighted by molar-refractivity contribution is 6.42. The van der Waals surface area contributed by atoms with E-state index in [2.05, 4.69) is 10.3 Å². The molecule has 0 fully saturated rings. The number of carbonyl (C=O) groups is 1. The number of aromatic nitrogens is 1. The number of benzene rings is 1. The van der Waals surface area contributed by atoms with E-state index in [1.807, 2.05) is 19.1 Å². The first-order chi connectivity index (χ1) is 9.97. The molecule has 21 heavy (non-hydrogen) atoms. The molecule has 1 aromatic heterocycles. The van der Waals surface area contributed by atoms with Gasteiger partial charge in [-0.05, 0) is 38.1 Å². The molecule has 0 spiro atoms. The van der Waals surface area contributed by atoms with Crippen LogP contribution in [0.5, 0.6) is 5.75 Å². The maximum absolute atomic E-state index is 12.1. The molecule has 2 rings (SSSR count). The van der Waals surface area contributed by atoms with Crippen molar-refractivity contribution in [1.82, 2.24) is 4.98 Å². The van der Waals surface area contributed by atoms with Gasteiger partial charge in [-0.3, -0.25) is 4.79 Å². The van der Waals surface area contributed by atoms with Crippen molar-refractivity contribution in [1.29, 1.82) is 0 Å². The number of nitrogens with zero attached hydrogens (tertiary/aromatic N) is 1. The molecular weight excluding hydrogens is 311 g/mol. The molecule has 1 N–H and O–H groups in total. The molecule has 0 aliphatic carbocycles. The zero-order valence-electron chi connectivity index (χ0n) is 11.6. The molecule has 0 saturated carbocycles. The summed E-state index contributed by atoms with van der Waals surface area (Å²) in [5.74, 6) is 0.529. The highest BCUT2D eigenvalue weighted by Crippen LogP contribution is 2.32. The van der Waals surface area contributed by atoms with Gasteiger partial charge >= 0.3 is 0 Å². The van der Waals surface area contributed by atoms with Crippen LogP contribution in [0.4, 0.5) is 5.82 Å². The lowest BCUT2D eigenvalue weighted by molar-refractivity contribution is -0.122. The van der Waals surface area contributed by atoms with Gasteiger partial charge in [-0.1, -0.05) is 35.3 Å². The monoisotopic (exact) mass is 324 g/mol. The Hall–Kier alpha value is -1.78. The molecule has 110 valence electrons. The predicted octanol–water partition coefficient (Wildman–Crippen LogP) is 4.10. The van der Waals surface area contributed by atoms with Crippen molar-refractivity contribution in [2.75, 3.05) is 5.32 Å². The fourth-order valence-electron chi connectivity index (χ4n) is 1.66. The highest BCUT2D eigenvalue weighted by atomic mass is 35.5. The van der Waals surface area contributed by atoms with Gasteiger partial charge in [-0.2, -0.15) is 0 Å². The molecule has 1 amide bonds. The number of hydrogen-bond acceptors (Lipinski definition) is 3. The van der Waals surface area contributed by atoms with Crippen LogP contribution in [0.25, 0.3) is 0 Å². The Morgan fingerprint density at radius 1 is 1.24 bits per heavy atom. The summed E-state index contributed by atoms with van der Waals surface area (Å²) in [5, 5.41) is 3.35. The van der Waals surface area contributed by atoms with Crippen LogP contribution >= 0.6 is 23.2 Å². The number of halogens is 2. The third-order valence-corrected chi connectivity index (χ3v) is 3.53.